The lowest BCUT2D eigenvalue weighted by atomic mass is 10.0. The largest absolute Gasteiger partial charge is 0.338 e. The Bertz CT molecular complexity index is 859. The summed E-state index contributed by atoms with van der Waals surface area (Å²) in [5, 5.41) is 0. The maximum absolute atomic E-state index is 13.3. The van der Waals surface area contributed by atoms with E-state index in [1.165, 1.54) is 12.1 Å². The molecule has 0 fully saturated rings. The number of aromatic nitrogens is 1. The number of carbonyl (C=O) groups is 1. The molecule has 1 aromatic carbocycles. The van der Waals surface area contributed by atoms with Gasteiger partial charge in [-0.15, -0.1) is 11.3 Å². The van der Waals surface area contributed by atoms with E-state index in [1.807, 2.05) is 19.1 Å². The number of benzene rings is 1. The van der Waals surface area contributed by atoms with Gasteiger partial charge < -0.3 is 4.90 Å². The Morgan fingerprint density at radius 2 is 1.80 bits per heavy atom. The average molecular weight is 354 g/mol. The first-order chi connectivity index (χ1) is 12.1. The zero-order valence-electron chi connectivity index (χ0n) is 14.2. The maximum atomic E-state index is 13.3. The Kier molecular flexibility index (Phi) is 5.24. The lowest BCUT2D eigenvalue weighted by molar-refractivity contribution is -0.129. The van der Waals surface area contributed by atoms with Gasteiger partial charge in [0.2, 0.25) is 5.91 Å². The number of amides is 1. The van der Waals surface area contributed by atoms with Crippen molar-refractivity contribution >= 4 is 17.2 Å². The molecular weight excluding hydrogens is 335 g/mol. The van der Waals surface area contributed by atoms with Crippen LogP contribution in [-0.2, 0) is 11.3 Å². The Balaban J connectivity index is 2.05. The number of nitrogens with zero attached hydrogens (tertiary/aromatic N) is 2. The van der Waals surface area contributed by atoms with Gasteiger partial charge in [-0.05, 0) is 48.4 Å². The van der Waals surface area contributed by atoms with Crippen LogP contribution in [0.1, 0.15) is 18.7 Å². The van der Waals surface area contributed by atoms with Gasteiger partial charge in [0.15, 0.2) is 0 Å². The molecule has 2 aromatic heterocycles. The molecule has 0 unspecified atom stereocenters. The molecule has 0 aliphatic heterocycles. The topological polar surface area (TPSA) is 33.2 Å². The summed E-state index contributed by atoms with van der Waals surface area (Å²) in [5.74, 6) is -0.190. The normalized spacial score (nSPS) is 10.7. The summed E-state index contributed by atoms with van der Waals surface area (Å²) in [6.45, 7) is 4.81. The van der Waals surface area contributed by atoms with E-state index in [0.29, 0.717) is 13.1 Å². The van der Waals surface area contributed by atoms with E-state index < -0.39 is 0 Å². The van der Waals surface area contributed by atoms with Crippen LogP contribution in [-0.4, -0.2) is 22.3 Å². The monoisotopic (exact) mass is 354 g/mol. The Labute approximate surface area is 150 Å². The van der Waals surface area contributed by atoms with Crippen LogP contribution >= 0.6 is 11.3 Å². The van der Waals surface area contributed by atoms with E-state index >= 15 is 0 Å². The van der Waals surface area contributed by atoms with E-state index in [4.69, 9.17) is 0 Å². The van der Waals surface area contributed by atoms with E-state index in [2.05, 4.69) is 11.1 Å². The second-order valence-electron chi connectivity index (χ2n) is 5.73. The van der Waals surface area contributed by atoms with Gasteiger partial charge in [-0.2, -0.15) is 0 Å². The fraction of sp³-hybridized carbons (Fsp3) is 0.200. The van der Waals surface area contributed by atoms with Crippen molar-refractivity contribution in [3.05, 3.63) is 65.6 Å². The zero-order valence-corrected chi connectivity index (χ0v) is 15.0. The highest BCUT2D eigenvalue weighted by Crippen LogP contribution is 2.39. The molecule has 3 aromatic rings. The molecule has 0 N–H and O–H groups in total. The highest BCUT2D eigenvalue weighted by atomic mass is 32.1. The van der Waals surface area contributed by atoms with Crippen LogP contribution in [0.2, 0.25) is 0 Å². The minimum Gasteiger partial charge on any atom is -0.338 e. The molecule has 25 heavy (non-hydrogen) atoms. The van der Waals surface area contributed by atoms with Crippen molar-refractivity contribution in [3.63, 3.8) is 0 Å². The standard InChI is InChI=1S/C20H19FN2OS/c1-3-23(14(2)24)13-18-12-19(15-8-10-22-11-9-15)20(25-18)16-4-6-17(21)7-5-16/h4-12H,3,13H2,1-2H3. The van der Waals surface area contributed by atoms with Crippen LogP contribution < -0.4 is 0 Å². The molecule has 2 heterocycles. The fourth-order valence-electron chi connectivity index (χ4n) is 2.72. The number of pyridine rings is 1. The van der Waals surface area contributed by atoms with Crippen molar-refractivity contribution in [1.82, 2.24) is 9.88 Å². The molecule has 5 heteroatoms. The maximum Gasteiger partial charge on any atom is 0.219 e. The highest BCUT2D eigenvalue weighted by molar-refractivity contribution is 7.16. The summed E-state index contributed by atoms with van der Waals surface area (Å²) < 4.78 is 13.3. The van der Waals surface area contributed by atoms with E-state index in [9.17, 15) is 9.18 Å². The van der Waals surface area contributed by atoms with E-state index in [-0.39, 0.29) is 11.7 Å². The van der Waals surface area contributed by atoms with Crippen molar-refractivity contribution in [1.29, 1.82) is 0 Å². The van der Waals surface area contributed by atoms with Crippen molar-refractivity contribution in [2.45, 2.75) is 20.4 Å². The van der Waals surface area contributed by atoms with Gasteiger partial charge in [0, 0.05) is 41.2 Å². The summed E-state index contributed by atoms with van der Waals surface area (Å²) in [7, 11) is 0. The second kappa shape index (κ2) is 7.57. The number of carbonyl (C=O) groups excluding carboxylic acids is 1. The van der Waals surface area contributed by atoms with Crippen molar-refractivity contribution in [2.24, 2.45) is 0 Å². The molecule has 0 spiro atoms. The van der Waals surface area contributed by atoms with Crippen LogP contribution in [0.15, 0.2) is 54.9 Å². The lowest BCUT2D eigenvalue weighted by Gasteiger charge is -2.17. The summed E-state index contributed by atoms with van der Waals surface area (Å²) in [6.07, 6.45) is 3.52. The van der Waals surface area contributed by atoms with Crippen LogP contribution in [0.25, 0.3) is 21.6 Å². The number of hydrogen-bond donors (Lipinski definition) is 0. The first-order valence-electron chi connectivity index (χ1n) is 8.13. The van der Waals surface area contributed by atoms with Gasteiger partial charge in [0.1, 0.15) is 5.82 Å². The minimum atomic E-state index is -0.250. The van der Waals surface area contributed by atoms with Crippen LogP contribution in [0.3, 0.4) is 0 Å². The molecule has 128 valence electrons. The summed E-state index contributed by atoms with van der Waals surface area (Å²) in [6, 6.07) is 12.6. The van der Waals surface area contributed by atoms with Crippen molar-refractivity contribution in [2.75, 3.05) is 6.54 Å². The lowest BCUT2D eigenvalue weighted by Crippen LogP contribution is -2.27. The molecule has 0 atom stereocenters. The molecule has 0 saturated heterocycles. The summed E-state index contributed by atoms with van der Waals surface area (Å²) in [5.41, 5.74) is 3.10. The van der Waals surface area contributed by atoms with E-state index in [0.717, 1.165) is 26.4 Å². The second-order valence-corrected chi connectivity index (χ2v) is 6.87. The first kappa shape index (κ1) is 17.3. The zero-order chi connectivity index (χ0) is 17.8. The third kappa shape index (κ3) is 3.94. The van der Waals surface area contributed by atoms with Gasteiger partial charge >= 0.3 is 0 Å². The number of thiophene rings is 1. The average Bonchev–Trinajstić information content (AvgIpc) is 3.05. The Morgan fingerprint density at radius 3 is 2.40 bits per heavy atom. The van der Waals surface area contributed by atoms with Gasteiger partial charge in [0.05, 0.1) is 6.54 Å². The third-order valence-electron chi connectivity index (χ3n) is 4.05. The smallest absolute Gasteiger partial charge is 0.219 e. The molecule has 0 saturated carbocycles. The van der Waals surface area contributed by atoms with Crippen molar-refractivity contribution < 1.29 is 9.18 Å². The molecule has 0 aliphatic carbocycles. The summed E-state index contributed by atoms with van der Waals surface area (Å²) >= 11 is 1.64. The minimum absolute atomic E-state index is 0.0599. The molecule has 3 nitrogen and oxygen atoms in total. The van der Waals surface area contributed by atoms with Crippen LogP contribution in [0.5, 0.6) is 0 Å². The highest BCUT2D eigenvalue weighted by Gasteiger charge is 2.16. The van der Waals surface area contributed by atoms with Gasteiger partial charge in [-0.25, -0.2) is 4.39 Å². The predicted octanol–water partition coefficient (Wildman–Crippen LogP) is 4.98. The quantitative estimate of drug-likeness (QED) is 0.647. The molecule has 3 rings (SSSR count). The van der Waals surface area contributed by atoms with Gasteiger partial charge in [0.25, 0.3) is 0 Å². The van der Waals surface area contributed by atoms with Gasteiger partial charge in [-0.3, -0.25) is 9.78 Å². The van der Waals surface area contributed by atoms with Crippen LogP contribution in [0.4, 0.5) is 4.39 Å². The van der Waals surface area contributed by atoms with Crippen molar-refractivity contribution in [3.8, 4) is 21.6 Å². The van der Waals surface area contributed by atoms with E-state index in [1.54, 1.807) is 47.7 Å². The third-order valence-corrected chi connectivity index (χ3v) is 5.22. The Hall–Kier alpha value is -2.53. The number of hydrogen-bond acceptors (Lipinski definition) is 3. The molecule has 1 amide bonds. The first-order valence-corrected chi connectivity index (χ1v) is 8.94. The predicted molar refractivity (Wildman–Crippen MR) is 99.7 cm³/mol. The molecule has 0 bridgehead atoms. The van der Waals surface area contributed by atoms with Crippen LogP contribution in [0, 0.1) is 5.82 Å². The van der Waals surface area contributed by atoms with Gasteiger partial charge in [-0.1, -0.05) is 12.1 Å². The molecule has 0 aliphatic rings. The number of rotatable bonds is 5. The Morgan fingerprint density at radius 1 is 1.12 bits per heavy atom. The SMILES string of the molecule is CCN(Cc1cc(-c2ccncc2)c(-c2ccc(F)cc2)s1)C(C)=O. The number of halogens is 1. The molecule has 0 radical (unpaired) electrons. The summed E-state index contributed by atoms with van der Waals surface area (Å²) in [4.78, 5) is 19.8. The molecular formula is C20H19FN2OS. The fourth-order valence-corrected chi connectivity index (χ4v) is 3.92.